The van der Waals surface area contributed by atoms with Gasteiger partial charge in [-0.1, -0.05) is 0 Å². The van der Waals surface area contributed by atoms with Crippen molar-refractivity contribution < 1.29 is 13.5 Å². The summed E-state index contributed by atoms with van der Waals surface area (Å²) < 4.78 is 34.0. The van der Waals surface area contributed by atoms with Crippen LogP contribution in [0.25, 0.3) is 0 Å². The molecule has 0 bridgehead atoms. The highest BCUT2D eigenvalue weighted by atomic mass is 79.9. The Hall–Kier alpha value is -0.520. The molecule has 0 saturated carbocycles. The second-order valence-corrected chi connectivity index (χ2v) is 6.02. The van der Waals surface area contributed by atoms with Crippen LogP contribution in [-0.2, 0) is 4.74 Å². The third-order valence-electron chi connectivity index (χ3n) is 3.83. The number of benzene rings is 1. The molecule has 5 heteroatoms. The Bertz CT molecular complexity index is 450. The van der Waals surface area contributed by atoms with Crippen LogP contribution in [0.1, 0.15) is 43.7 Å². The predicted octanol–water partition coefficient (Wildman–Crippen LogP) is 4.34. The Morgan fingerprint density at radius 2 is 2.20 bits per heavy atom. The van der Waals surface area contributed by atoms with Crippen LogP contribution < -0.4 is 5.32 Å². The van der Waals surface area contributed by atoms with E-state index >= 15 is 0 Å². The Balaban J connectivity index is 2.06. The molecule has 1 heterocycles. The first-order valence-electron chi connectivity index (χ1n) is 7.05. The highest BCUT2D eigenvalue weighted by molar-refractivity contribution is 9.10. The lowest BCUT2D eigenvalue weighted by Crippen LogP contribution is -2.24. The van der Waals surface area contributed by atoms with Crippen molar-refractivity contribution in [3.8, 4) is 0 Å². The van der Waals surface area contributed by atoms with Crippen molar-refractivity contribution >= 4 is 15.9 Å². The molecule has 20 heavy (non-hydrogen) atoms. The average Bonchev–Trinajstić information content (AvgIpc) is 2.47. The Kier molecular flexibility index (Phi) is 5.93. The molecule has 0 aliphatic carbocycles. The van der Waals surface area contributed by atoms with Crippen LogP contribution in [0.5, 0.6) is 0 Å². The first kappa shape index (κ1) is 15.9. The van der Waals surface area contributed by atoms with Crippen LogP contribution in [0.15, 0.2) is 16.6 Å². The fourth-order valence-corrected chi connectivity index (χ4v) is 3.03. The molecule has 0 radical (unpaired) electrons. The van der Waals surface area contributed by atoms with E-state index in [4.69, 9.17) is 4.74 Å². The van der Waals surface area contributed by atoms with E-state index in [2.05, 4.69) is 21.2 Å². The van der Waals surface area contributed by atoms with E-state index in [9.17, 15) is 8.78 Å². The van der Waals surface area contributed by atoms with Gasteiger partial charge >= 0.3 is 0 Å². The third-order valence-corrected chi connectivity index (χ3v) is 4.44. The summed E-state index contributed by atoms with van der Waals surface area (Å²) >= 11 is 3.11. The summed E-state index contributed by atoms with van der Waals surface area (Å²) in [6.07, 6.45) is 5.02. The molecule has 1 aliphatic heterocycles. The average molecular weight is 348 g/mol. The van der Waals surface area contributed by atoms with Crippen LogP contribution in [0.4, 0.5) is 8.78 Å². The molecule has 2 atom stereocenters. The molecule has 0 aromatic heterocycles. The molecular formula is C15H20BrF2NO. The van der Waals surface area contributed by atoms with E-state index in [1.807, 2.05) is 0 Å². The molecule has 2 unspecified atom stereocenters. The number of hydrogen-bond acceptors (Lipinski definition) is 2. The Labute approximate surface area is 127 Å². The number of halogens is 3. The number of rotatable bonds is 5. The zero-order valence-electron chi connectivity index (χ0n) is 11.6. The molecule has 1 aromatic carbocycles. The van der Waals surface area contributed by atoms with Crippen LogP contribution in [0.2, 0.25) is 0 Å². The summed E-state index contributed by atoms with van der Waals surface area (Å²) in [6, 6.07) is 2.35. The Morgan fingerprint density at radius 1 is 1.40 bits per heavy atom. The lowest BCUT2D eigenvalue weighted by molar-refractivity contribution is 0.00854. The second-order valence-electron chi connectivity index (χ2n) is 5.16. The van der Waals surface area contributed by atoms with Gasteiger partial charge in [0.2, 0.25) is 0 Å². The molecule has 112 valence electrons. The molecule has 0 spiro atoms. The first-order valence-corrected chi connectivity index (χ1v) is 7.85. The molecule has 1 saturated heterocycles. The summed E-state index contributed by atoms with van der Waals surface area (Å²) in [5.74, 6) is -1.02. The largest absolute Gasteiger partial charge is 0.378 e. The van der Waals surface area contributed by atoms with Crippen LogP contribution in [-0.4, -0.2) is 19.8 Å². The molecule has 1 N–H and O–H groups in total. The molecular weight excluding hydrogens is 328 g/mol. The third kappa shape index (κ3) is 3.77. The van der Waals surface area contributed by atoms with Crippen molar-refractivity contribution in [3.63, 3.8) is 0 Å². The molecule has 2 rings (SSSR count). The maximum absolute atomic E-state index is 14.1. The van der Waals surface area contributed by atoms with Gasteiger partial charge < -0.3 is 10.1 Å². The molecule has 0 amide bonds. The highest BCUT2D eigenvalue weighted by Crippen LogP contribution is 2.30. The lowest BCUT2D eigenvalue weighted by atomic mass is 9.96. The van der Waals surface area contributed by atoms with E-state index in [0.717, 1.165) is 25.9 Å². The smallest absolute Gasteiger partial charge is 0.145 e. The first-order chi connectivity index (χ1) is 9.63. The van der Waals surface area contributed by atoms with Gasteiger partial charge in [-0.2, -0.15) is 0 Å². The quantitative estimate of drug-likeness (QED) is 0.800. The van der Waals surface area contributed by atoms with Crippen molar-refractivity contribution in [3.05, 3.63) is 33.8 Å². The summed E-state index contributed by atoms with van der Waals surface area (Å²) in [5.41, 5.74) is 0.109. The van der Waals surface area contributed by atoms with Gasteiger partial charge in [-0.05, 0) is 67.2 Å². The van der Waals surface area contributed by atoms with Crippen molar-refractivity contribution in [2.75, 3.05) is 13.7 Å². The summed E-state index contributed by atoms with van der Waals surface area (Å²) in [4.78, 5) is 0. The normalized spacial score (nSPS) is 20.9. The maximum atomic E-state index is 14.1. The number of nitrogens with one attached hydrogen (secondary N) is 1. The standard InChI is InChI=1S/C15H20BrF2NO/c1-19-13(8-5-10-4-2-3-9-20-10)14-12(17)7-6-11(16)15(14)18/h6-7,10,13,19H,2-5,8-9H2,1H3. The zero-order chi connectivity index (χ0) is 14.5. The van der Waals surface area contributed by atoms with E-state index in [0.29, 0.717) is 10.9 Å². The fourth-order valence-electron chi connectivity index (χ4n) is 2.68. The Morgan fingerprint density at radius 3 is 2.85 bits per heavy atom. The van der Waals surface area contributed by atoms with Gasteiger partial charge in [-0.25, -0.2) is 8.78 Å². The molecule has 1 fully saturated rings. The summed E-state index contributed by atoms with van der Waals surface area (Å²) in [7, 11) is 1.73. The predicted molar refractivity (Wildman–Crippen MR) is 78.7 cm³/mol. The van der Waals surface area contributed by atoms with Gasteiger partial charge in [0.25, 0.3) is 0 Å². The van der Waals surface area contributed by atoms with Crippen LogP contribution >= 0.6 is 15.9 Å². The topological polar surface area (TPSA) is 21.3 Å². The van der Waals surface area contributed by atoms with Crippen LogP contribution in [0, 0.1) is 11.6 Å². The van der Waals surface area contributed by atoms with Crippen LogP contribution in [0.3, 0.4) is 0 Å². The minimum absolute atomic E-state index is 0.109. The van der Waals surface area contributed by atoms with Gasteiger partial charge in [-0.3, -0.25) is 0 Å². The van der Waals surface area contributed by atoms with E-state index < -0.39 is 11.6 Å². The highest BCUT2D eigenvalue weighted by Gasteiger charge is 2.23. The number of ether oxygens (including phenoxy) is 1. The van der Waals surface area contributed by atoms with Gasteiger partial charge in [0, 0.05) is 18.2 Å². The van der Waals surface area contributed by atoms with Crippen molar-refractivity contribution in [1.29, 1.82) is 0 Å². The van der Waals surface area contributed by atoms with Gasteiger partial charge in [0.05, 0.1) is 10.6 Å². The fraction of sp³-hybridized carbons (Fsp3) is 0.600. The van der Waals surface area contributed by atoms with Crippen molar-refractivity contribution in [2.45, 2.75) is 44.2 Å². The monoisotopic (exact) mass is 347 g/mol. The maximum Gasteiger partial charge on any atom is 0.145 e. The minimum Gasteiger partial charge on any atom is -0.378 e. The van der Waals surface area contributed by atoms with E-state index in [-0.39, 0.29) is 17.7 Å². The molecule has 1 aliphatic rings. The zero-order valence-corrected chi connectivity index (χ0v) is 13.2. The summed E-state index contributed by atoms with van der Waals surface area (Å²) in [5, 5.41) is 3.01. The van der Waals surface area contributed by atoms with Crippen molar-refractivity contribution in [2.24, 2.45) is 0 Å². The van der Waals surface area contributed by atoms with Gasteiger partial charge in [-0.15, -0.1) is 0 Å². The van der Waals surface area contributed by atoms with E-state index in [1.54, 1.807) is 7.05 Å². The van der Waals surface area contributed by atoms with Gasteiger partial charge in [0.15, 0.2) is 0 Å². The molecule has 1 aromatic rings. The second kappa shape index (κ2) is 7.48. The number of hydrogen-bond donors (Lipinski definition) is 1. The van der Waals surface area contributed by atoms with Crippen molar-refractivity contribution in [1.82, 2.24) is 5.32 Å². The van der Waals surface area contributed by atoms with E-state index in [1.165, 1.54) is 18.6 Å². The minimum atomic E-state index is -0.520. The molecule has 2 nitrogen and oxygen atoms in total. The van der Waals surface area contributed by atoms with Gasteiger partial charge in [0.1, 0.15) is 11.6 Å². The lowest BCUT2D eigenvalue weighted by Gasteiger charge is -2.25. The SMILES string of the molecule is CNC(CCC1CCCCO1)c1c(F)ccc(Br)c1F. The summed E-state index contributed by atoms with van der Waals surface area (Å²) in [6.45, 7) is 0.800.